The van der Waals surface area contributed by atoms with Crippen molar-refractivity contribution in [2.45, 2.75) is 19.9 Å². The minimum Gasteiger partial charge on any atom is -0.474 e. The number of rotatable bonds is 3. The van der Waals surface area contributed by atoms with Gasteiger partial charge >= 0.3 is 0 Å². The minimum absolute atomic E-state index is 0.0953. The van der Waals surface area contributed by atoms with Crippen molar-refractivity contribution in [1.29, 1.82) is 0 Å². The maximum absolute atomic E-state index is 14.1. The van der Waals surface area contributed by atoms with Crippen LogP contribution < -0.4 is 4.74 Å². The van der Waals surface area contributed by atoms with E-state index in [0.29, 0.717) is 26.2 Å². The van der Waals surface area contributed by atoms with Crippen molar-refractivity contribution in [3.63, 3.8) is 0 Å². The zero-order chi connectivity index (χ0) is 14.1. The largest absolute Gasteiger partial charge is 0.474 e. The van der Waals surface area contributed by atoms with Crippen LogP contribution in [0.25, 0.3) is 0 Å². The van der Waals surface area contributed by atoms with Crippen molar-refractivity contribution in [2.75, 3.05) is 39.3 Å². The summed E-state index contributed by atoms with van der Waals surface area (Å²) in [5, 5.41) is 4.03. The van der Waals surface area contributed by atoms with Crippen molar-refractivity contribution < 1.29 is 13.9 Å². The highest BCUT2D eigenvalue weighted by atomic mass is 19.1. The predicted octanol–water partition coefficient (Wildman–Crippen LogP) is 0.582. The summed E-state index contributed by atoms with van der Waals surface area (Å²) < 4.78 is 20.6. The van der Waals surface area contributed by atoms with Gasteiger partial charge in [-0.15, -0.1) is 0 Å². The number of nitrogens with zero attached hydrogens (tertiary/aromatic N) is 4. The van der Waals surface area contributed by atoms with Gasteiger partial charge in [-0.05, 0) is 13.0 Å². The molecule has 0 radical (unpaired) electrons. The van der Waals surface area contributed by atoms with Crippen LogP contribution in [0.1, 0.15) is 23.8 Å². The summed E-state index contributed by atoms with van der Waals surface area (Å²) in [6.45, 7) is 7.04. The zero-order valence-corrected chi connectivity index (χ0v) is 11.6. The maximum atomic E-state index is 14.1. The van der Waals surface area contributed by atoms with Crippen LogP contribution in [0.5, 0.6) is 5.88 Å². The molecule has 0 aromatic carbocycles. The monoisotopic (exact) mass is 282 g/mol. The van der Waals surface area contributed by atoms with E-state index in [1.54, 1.807) is 4.90 Å². The highest BCUT2D eigenvalue weighted by molar-refractivity contribution is 5.93. The van der Waals surface area contributed by atoms with E-state index in [1.165, 1.54) is 4.68 Å². The van der Waals surface area contributed by atoms with Gasteiger partial charge in [0, 0.05) is 26.2 Å². The Morgan fingerprint density at radius 2 is 2.05 bits per heavy atom. The molecule has 0 bridgehead atoms. The van der Waals surface area contributed by atoms with Crippen LogP contribution in [0.3, 0.4) is 0 Å². The van der Waals surface area contributed by atoms with E-state index in [4.69, 9.17) is 4.74 Å². The predicted molar refractivity (Wildman–Crippen MR) is 70.3 cm³/mol. The second-order valence-electron chi connectivity index (χ2n) is 5.17. The van der Waals surface area contributed by atoms with Gasteiger partial charge in [-0.1, -0.05) is 6.92 Å². The van der Waals surface area contributed by atoms with E-state index in [9.17, 15) is 9.18 Å². The van der Waals surface area contributed by atoms with E-state index in [2.05, 4.69) is 16.9 Å². The van der Waals surface area contributed by atoms with Gasteiger partial charge in [0.05, 0.1) is 6.54 Å². The number of piperazine rings is 1. The van der Waals surface area contributed by atoms with Gasteiger partial charge in [0.15, 0.2) is 5.69 Å². The highest BCUT2D eigenvalue weighted by Crippen LogP contribution is 2.25. The summed E-state index contributed by atoms with van der Waals surface area (Å²) in [5.74, 6) is -0.856. The summed E-state index contributed by atoms with van der Waals surface area (Å²) in [4.78, 5) is 16.3. The van der Waals surface area contributed by atoms with E-state index >= 15 is 0 Å². The third kappa shape index (κ3) is 2.26. The fourth-order valence-electron chi connectivity index (χ4n) is 2.72. The van der Waals surface area contributed by atoms with Crippen molar-refractivity contribution in [3.05, 3.63) is 11.5 Å². The fraction of sp³-hybridized carbons (Fsp3) is 0.692. The molecule has 1 aromatic heterocycles. The molecule has 1 amide bonds. The van der Waals surface area contributed by atoms with Gasteiger partial charge in [-0.2, -0.15) is 9.49 Å². The molecule has 0 atom stereocenters. The van der Waals surface area contributed by atoms with Crippen LogP contribution in [-0.4, -0.2) is 64.8 Å². The Morgan fingerprint density at radius 1 is 1.30 bits per heavy atom. The molecular weight excluding hydrogens is 263 g/mol. The summed E-state index contributed by atoms with van der Waals surface area (Å²) >= 11 is 0. The van der Waals surface area contributed by atoms with Gasteiger partial charge < -0.3 is 9.64 Å². The molecule has 1 fully saturated rings. The molecule has 7 heteroatoms. The Hall–Kier alpha value is -1.63. The van der Waals surface area contributed by atoms with Crippen LogP contribution >= 0.6 is 0 Å². The lowest BCUT2D eigenvalue weighted by Gasteiger charge is -2.34. The Balaban J connectivity index is 1.68. The molecule has 2 aliphatic heterocycles. The Morgan fingerprint density at radius 3 is 2.70 bits per heavy atom. The van der Waals surface area contributed by atoms with Gasteiger partial charge in [0.25, 0.3) is 5.91 Å². The molecular formula is C13H19FN4O2. The Kier molecular flexibility index (Phi) is 3.60. The number of fused-ring (bicyclic) bond motifs is 1. The van der Waals surface area contributed by atoms with E-state index in [-0.39, 0.29) is 17.5 Å². The molecule has 1 aromatic rings. The molecule has 0 saturated carbocycles. The molecule has 6 nitrogen and oxygen atoms in total. The molecule has 1 saturated heterocycles. The summed E-state index contributed by atoms with van der Waals surface area (Å²) in [6.07, 6.45) is 1.10. The molecule has 3 heterocycles. The van der Waals surface area contributed by atoms with Crippen molar-refractivity contribution >= 4 is 5.91 Å². The third-order valence-corrected chi connectivity index (χ3v) is 3.79. The fourth-order valence-corrected chi connectivity index (χ4v) is 2.72. The minimum atomic E-state index is -0.622. The van der Waals surface area contributed by atoms with Crippen LogP contribution in [0, 0.1) is 5.82 Å². The lowest BCUT2D eigenvalue weighted by molar-refractivity contribution is 0.0625. The molecule has 0 spiro atoms. The number of hydrogen-bond donors (Lipinski definition) is 0. The molecule has 110 valence electrons. The van der Waals surface area contributed by atoms with Crippen LogP contribution in [0.4, 0.5) is 4.39 Å². The lowest BCUT2D eigenvalue weighted by Crippen LogP contribution is -2.49. The second kappa shape index (κ2) is 5.40. The highest BCUT2D eigenvalue weighted by Gasteiger charge is 2.31. The molecule has 2 aliphatic rings. The Labute approximate surface area is 117 Å². The number of carbonyl (C=O) groups excluding carboxylic acids is 1. The molecule has 20 heavy (non-hydrogen) atoms. The topological polar surface area (TPSA) is 50.6 Å². The molecule has 0 N–H and O–H groups in total. The average Bonchev–Trinajstić information content (AvgIpc) is 3.03. The number of ether oxygens (including phenoxy) is 1. The number of aromatic nitrogens is 2. The van der Waals surface area contributed by atoms with E-state index in [0.717, 1.165) is 26.1 Å². The van der Waals surface area contributed by atoms with E-state index in [1.807, 2.05) is 0 Å². The first-order valence-electron chi connectivity index (χ1n) is 7.11. The smallest absolute Gasteiger partial charge is 0.277 e. The number of amides is 1. The summed E-state index contributed by atoms with van der Waals surface area (Å²) in [5.41, 5.74) is -0.108. The normalized spacial score (nSPS) is 19.0. The third-order valence-electron chi connectivity index (χ3n) is 3.79. The average molecular weight is 282 g/mol. The van der Waals surface area contributed by atoms with Crippen LogP contribution in [0.15, 0.2) is 0 Å². The zero-order valence-electron chi connectivity index (χ0n) is 11.6. The van der Waals surface area contributed by atoms with Crippen LogP contribution in [0.2, 0.25) is 0 Å². The Bertz CT molecular complexity index is 509. The van der Waals surface area contributed by atoms with Crippen molar-refractivity contribution in [1.82, 2.24) is 19.6 Å². The number of hydrogen-bond acceptors (Lipinski definition) is 4. The first-order chi connectivity index (χ1) is 9.70. The maximum Gasteiger partial charge on any atom is 0.277 e. The lowest BCUT2D eigenvalue weighted by atomic mass is 10.2. The first-order valence-corrected chi connectivity index (χ1v) is 7.11. The molecule has 0 aliphatic carbocycles. The van der Waals surface area contributed by atoms with Gasteiger partial charge in [-0.25, -0.2) is 4.68 Å². The van der Waals surface area contributed by atoms with Gasteiger partial charge in [0.2, 0.25) is 11.7 Å². The molecule has 0 unspecified atom stereocenters. The first kappa shape index (κ1) is 13.4. The molecule has 3 rings (SSSR count). The van der Waals surface area contributed by atoms with Crippen LogP contribution in [-0.2, 0) is 6.54 Å². The second-order valence-corrected chi connectivity index (χ2v) is 5.17. The summed E-state index contributed by atoms with van der Waals surface area (Å²) in [7, 11) is 0. The number of halogens is 1. The quantitative estimate of drug-likeness (QED) is 0.814. The standard InChI is InChI=1S/C13H19FN4O2/c1-2-3-16-4-6-17(7-5-16)12(19)11-10(14)13-18(15-11)8-9-20-13/h2-9H2,1H3. The van der Waals surface area contributed by atoms with E-state index < -0.39 is 5.82 Å². The van der Waals surface area contributed by atoms with Crippen molar-refractivity contribution in [3.8, 4) is 5.88 Å². The van der Waals surface area contributed by atoms with Crippen molar-refractivity contribution in [2.24, 2.45) is 0 Å². The van der Waals surface area contributed by atoms with Gasteiger partial charge in [0.1, 0.15) is 6.61 Å². The van der Waals surface area contributed by atoms with Gasteiger partial charge in [-0.3, -0.25) is 9.69 Å². The number of carbonyl (C=O) groups is 1. The SMILES string of the molecule is CCCN1CCN(C(=O)c2nn3c(c2F)OCC3)CC1. The summed E-state index contributed by atoms with van der Waals surface area (Å²) in [6, 6.07) is 0.